The highest BCUT2D eigenvalue weighted by atomic mass is 32.2. The van der Waals surface area contributed by atoms with Crippen LogP contribution in [0.5, 0.6) is 0 Å². The van der Waals surface area contributed by atoms with Crippen LogP contribution in [0.3, 0.4) is 0 Å². The molecule has 0 spiro atoms. The van der Waals surface area contributed by atoms with Crippen LogP contribution in [0.4, 0.5) is 0 Å². The zero-order valence-electron chi connectivity index (χ0n) is 18.5. The number of aryl methyl sites for hydroxylation is 2. The van der Waals surface area contributed by atoms with Crippen molar-refractivity contribution in [1.29, 1.82) is 0 Å². The summed E-state index contributed by atoms with van der Waals surface area (Å²) < 4.78 is 3.72. The number of H-pyrrole nitrogens is 1. The van der Waals surface area contributed by atoms with Crippen molar-refractivity contribution in [3.05, 3.63) is 93.5 Å². The Morgan fingerprint density at radius 2 is 1.94 bits per heavy atom. The Hall–Kier alpha value is -3.69. The molecule has 0 atom stereocenters. The highest BCUT2D eigenvalue weighted by Crippen LogP contribution is 2.33. The molecule has 0 fully saturated rings. The summed E-state index contributed by atoms with van der Waals surface area (Å²) in [6.07, 6.45) is 1.98. The van der Waals surface area contributed by atoms with E-state index in [2.05, 4.69) is 62.0 Å². The second kappa shape index (κ2) is 8.27. The molecule has 1 N–H and O–H groups in total. The van der Waals surface area contributed by atoms with Gasteiger partial charge in [-0.3, -0.25) is 13.8 Å². The summed E-state index contributed by atoms with van der Waals surface area (Å²) in [5, 5.41) is 12.9. The number of thioether (sulfide) groups is 1. The molecule has 9 heteroatoms. The summed E-state index contributed by atoms with van der Waals surface area (Å²) in [6, 6.07) is 18.1. The lowest BCUT2D eigenvalue weighted by molar-refractivity contribution is 0.884. The molecule has 0 unspecified atom stereocenters. The summed E-state index contributed by atoms with van der Waals surface area (Å²) >= 11 is 3.00. The van der Waals surface area contributed by atoms with E-state index >= 15 is 0 Å². The predicted molar refractivity (Wildman–Crippen MR) is 137 cm³/mol. The number of para-hydroxylation sites is 1. The number of nitrogens with zero attached hydrogens (tertiary/aromatic N) is 5. The van der Waals surface area contributed by atoms with Crippen LogP contribution >= 0.6 is 23.1 Å². The van der Waals surface area contributed by atoms with Gasteiger partial charge in [0.05, 0.1) is 5.69 Å². The summed E-state index contributed by atoms with van der Waals surface area (Å²) in [4.78, 5) is 21.3. The maximum absolute atomic E-state index is 12.6. The first-order valence-corrected chi connectivity index (χ1v) is 12.6. The lowest BCUT2D eigenvalue weighted by Crippen LogP contribution is -2.14. The minimum absolute atomic E-state index is 0.0565. The first-order chi connectivity index (χ1) is 16.6. The molecule has 4 heterocycles. The number of nitrogens with one attached hydrogen (secondary N) is 1. The lowest BCUT2D eigenvalue weighted by Gasteiger charge is -2.11. The third kappa shape index (κ3) is 3.53. The van der Waals surface area contributed by atoms with Crippen LogP contribution < -0.4 is 5.56 Å². The van der Waals surface area contributed by atoms with Gasteiger partial charge in [-0.2, -0.15) is 0 Å². The van der Waals surface area contributed by atoms with Gasteiger partial charge in [-0.25, -0.2) is 4.98 Å². The fourth-order valence-electron chi connectivity index (χ4n) is 4.11. The van der Waals surface area contributed by atoms with Gasteiger partial charge >= 0.3 is 0 Å². The number of aromatic amines is 1. The highest BCUT2D eigenvalue weighted by molar-refractivity contribution is 7.98. The van der Waals surface area contributed by atoms with Crippen molar-refractivity contribution in [3.63, 3.8) is 0 Å². The zero-order chi connectivity index (χ0) is 23.2. The number of hydrogen-bond donors (Lipinski definition) is 1. The van der Waals surface area contributed by atoms with Gasteiger partial charge in [0.25, 0.3) is 5.56 Å². The fourth-order valence-corrected chi connectivity index (χ4v) is 5.84. The number of benzene rings is 2. The van der Waals surface area contributed by atoms with E-state index in [9.17, 15) is 4.79 Å². The molecule has 4 aromatic heterocycles. The van der Waals surface area contributed by atoms with Gasteiger partial charge in [0.1, 0.15) is 0 Å². The summed E-state index contributed by atoms with van der Waals surface area (Å²) in [5.74, 6) is 1.28. The van der Waals surface area contributed by atoms with Gasteiger partial charge in [0, 0.05) is 51.2 Å². The Balaban J connectivity index is 1.43. The maximum atomic E-state index is 12.6. The molecule has 0 saturated carbocycles. The maximum Gasteiger partial charge on any atom is 0.258 e. The second-order valence-electron chi connectivity index (χ2n) is 8.10. The van der Waals surface area contributed by atoms with Crippen LogP contribution in [0.2, 0.25) is 0 Å². The molecule has 0 aliphatic rings. The molecule has 0 aliphatic heterocycles. The van der Waals surface area contributed by atoms with Crippen LogP contribution in [-0.2, 0) is 5.75 Å². The number of hydrogen-bond acceptors (Lipinski definition) is 6. The van der Waals surface area contributed by atoms with Gasteiger partial charge in [0.2, 0.25) is 0 Å². The van der Waals surface area contributed by atoms with E-state index in [0.717, 1.165) is 50.1 Å². The molecule has 0 amide bonds. The van der Waals surface area contributed by atoms with Crippen molar-refractivity contribution in [3.8, 4) is 17.1 Å². The Morgan fingerprint density at radius 1 is 1.06 bits per heavy atom. The van der Waals surface area contributed by atoms with E-state index in [1.165, 1.54) is 23.1 Å². The van der Waals surface area contributed by atoms with E-state index in [0.29, 0.717) is 10.7 Å². The SMILES string of the molecule is Cc1cccc(-n2c(SCc3cc(=O)n4c(C)csc4n3)nnc2-c2c[nH]c3ccccc23)c1. The highest BCUT2D eigenvalue weighted by Gasteiger charge is 2.19. The van der Waals surface area contributed by atoms with Crippen LogP contribution in [0.15, 0.2) is 76.1 Å². The van der Waals surface area contributed by atoms with Crippen LogP contribution in [-0.4, -0.2) is 29.1 Å². The molecule has 34 heavy (non-hydrogen) atoms. The summed E-state index contributed by atoms with van der Waals surface area (Å²) in [6.45, 7) is 3.99. The van der Waals surface area contributed by atoms with Gasteiger partial charge in [-0.1, -0.05) is 42.1 Å². The normalized spacial score (nSPS) is 11.6. The number of thiazole rings is 1. The molecule has 0 aliphatic carbocycles. The quantitative estimate of drug-likeness (QED) is 0.332. The number of aromatic nitrogens is 6. The second-order valence-corrected chi connectivity index (χ2v) is 9.88. The topological polar surface area (TPSA) is 80.9 Å². The van der Waals surface area contributed by atoms with Crippen molar-refractivity contribution in [1.82, 2.24) is 29.1 Å². The molecule has 2 aromatic carbocycles. The van der Waals surface area contributed by atoms with Gasteiger partial charge < -0.3 is 4.98 Å². The first kappa shape index (κ1) is 20.9. The van der Waals surface area contributed by atoms with Crippen molar-refractivity contribution in [2.75, 3.05) is 0 Å². The van der Waals surface area contributed by atoms with Gasteiger partial charge in [0.15, 0.2) is 15.9 Å². The van der Waals surface area contributed by atoms with E-state index in [4.69, 9.17) is 0 Å². The molecule has 7 nitrogen and oxygen atoms in total. The molecule has 0 bridgehead atoms. The van der Waals surface area contributed by atoms with Gasteiger partial charge in [-0.15, -0.1) is 21.5 Å². The van der Waals surface area contributed by atoms with Crippen molar-refractivity contribution >= 4 is 39.0 Å². The van der Waals surface area contributed by atoms with Crippen molar-refractivity contribution in [2.45, 2.75) is 24.8 Å². The Kier molecular flexibility index (Phi) is 5.08. The molecule has 168 valence electrons. The smallest absolute Gasteiger partial charge is 0.258 e. The lowest BCUT2D eigenvalue weighted by atomic mass is 10.1. The minimum atomic E-state index is -0.0565. The standard InChI is InChI=1S/C25H20N6OS2/c1-15-6-5-7-18(10-15)31-23(20-12-26-21-9-4-3-8-19(20)21)28-29-25(31)34-14-17-11-22(32)30-16(2)13-33-24(30)27-17/h3-13,26H,14H2,1-2H3. The van der Waals surface area contributed by atoms with Gasteiger partial charge in [-0.05, 0) is 37.6 Å². The Bertz CT molecular complexity index is 1720. The Labute approximate surface area is 203 Å². The fraction of sp³-hybridized carbons (Fsp3) is 0.120. The molecule has 6 rings (SSSR count). The number of fused-ring (bicyclic) bond motifs is 2. The third-order valence-corrected chi connectivity index (χ3v) is 7.61. The molecular formula is C25H20N6OS2. The van der Waals surface area contributed by atoms with E-state index in [1.54, 1.807) is 10.5 Å². The Morgan fingerprint density at radius 3 is 2.82 bits per heavy atom. The summed E-state index contributed by atoms with van der Waals surface area (Å²) in [7, 11) is 0. The first-order valence-electron chi connectivity index (χ1n) is 10.8. The van der Waals surface area contributed by atoms with Crippen LogP contribution in [0.1, 0.15) is 17.0 Å². The van der Waals surface area contributed by atoms with Crippen molar-refractivity contribution < 1.29 is 0 Å². The van der Waals surface area contributed by atoms with E-state index in [1.807, 2.05) is 36.7 Å². The average molecular weight is 485 g/mol. The largest absolute Gasteiger partial charge is 0.360 e. The molecule has 0 radical (unpaired) electrons. The van der Waals surface area contributed by atoms with E-state index < -0.39 is 0 Å². The van der Waals surface area contributed by atoms with E-state index in [-0.39, 0.29) is 5.56 Å². The average Bonchev–Trinajstić information content (AvgIpc) is 3.54. The zero-order valence-corrected chi connectivity index (χ0v) is 20.2. The van der Waals surface area contributed by atoms with Crippen molar-refractivity contribution in [2.24, 2.45) is 0 Å². The molecule has 6 aromatic rings. The number of rotatable bonds is 5. The third-order valence-electron chi connectivity index (χ3n) is 5.70. The molecular weight excluding hydrogens is 464 g/mol. The monoisotopic (exact) mass is 484 g/mol. The minimum Gasteiger partial charge on any atom is -0.360 e. The molecule has 0 saturated heterocycles. The van der Waals surface area contributed by atoms with Crippen LogP contribution in [0.25, 0.3) is 32.9 Å². The summed E-state index contributed by atoms with van der Waals surface area (Å²) in [5.41, 5.74) is 5.76. The predicted octanol–water partition coefficient (Wildman–Crippen LogP) is 5.39. The van der Waals surface area contributed by atoms with Crippen LogP contribution in [0, 0.1) is 13.8 Å².